The molecule has 3 aromatic carbocycles. The third-order valence-corrected chi connectivity index (χ3v) is 7.37. The third-order valence-electron chi connectivity index (χ3n) is 6.91. The van der Waals surface area contributed by atoms with E-state index in [1.165, 1.54) is 27.5 Å². The van der Waals surface area contributed by atoms with Gasteiger partial charge in [-0.05, 0) is 70.3 Å². The minimum atomic E-state index is -0.894. The highest BCUT2D eigenvalue weighted by Crippen LogP contribution is 2.52. The first-order valence-corrected chi connectivity index (χ1v) is 10.9. The van der Waals surface area contributed by atoms with Crippen molar-refractivity contribution >= 4 is 38.4 Å². The van der Waals surface area contributed by atoms with Gasteiger partial charge in [0.2, 0.25) is 0 Å². The summed E-state index contributed by atoms with van der Waals surface area (Å²) in [4.78, 5) is 12.0. The van der Waals surface area contributed by atoms with Crippen LogP contribution in [0, 0.1) is 5.92 Å². The number of carboxylic acids is 1. The Hall–Kier alpha value is -2.59. The summed E-state index contributed by atoms with van der Waals surface area (Å²) < 4.78 is 0.818. The maximum atomic E-state index is 12.0. The van der Waals surface area contributed by atoms with Gasteiger partial charge < -0.3 is 10.4 Å². The molecule has 0 spiro atoms. The van der Waals surface area contributed by atoms with E-state index in [9.17, 15) is 9.90 Å². The van der Waals surface area contributed by atoms with Crippen LogP contribution in [-0.4, -0.2) is 11.1 Å². The summed E-state index contributed by atoms with van der Waals surface area (Å²) in [5.41, 5.74) is 6.35. The predicted octanol–water partition coefficient (Wildman–Crippen LogP) is 6.23. The number of hydrogen-bond acceptors (Lipinski definition) is 2. The molecule has 3 atom stereocenters. The van der Waals surface area contributed by atoms with Gasteiger partial charge in [-0.1, -0.05) is 58.4 Å². The summed E-state index contributed by atoms with van der Waals surface area (Å²) in [5, 5.41) is 16.2. The first-order valence-electron chi connectivity index (χ1n) is 10.1. The van der Waals surface area contributed by atoms with Crippen LogP contribution in [-0.2, 0) is 12.8 Å². The van der Waals surface area contributed by atoms with Crippen LogP contribution in [0.2, 0.25) is 0 Å². The number of halogens is 1. The molecule has 0 fully saturated rings. The van der Waals surface area contributed by atoms with E-state index in [1.807, 2.05) is 0 Å². The van der Waals surface area contributed by atoms with Crippen LogP contribution in [0.15, 0.2) is 59.1 Å². The van der Waals surface area contributed by atoms with E-state index < -0.39 is 5.97 Å². The molecule has 144 valence electrons. The Morgan fingerprint density at radius 3 is 2.72 bits per heavy atom. The number of carbonyl (C=O) groups is 1. The molecule has 2 N–H and O–H groups in total. The van der Waals surface area contributed by atoms with Gasteiger partial charge in [0.25, 0.3) is 0 Å². The Kier molecular flexibility index (Phi) is 3.70. The van der Waals surface area contributed by atoms with E-state index in [2.05, 4.69) is 69.8 Å². The third kappa shape index (κ3) is 2.45. The van der Waals surface area contributed by atoms with Crippen LogP contribution in [0.4, 0.5) is 5.69 Å². The van der Waals surface area contributed by atoms with Crippen molar-refractivity contribution in [2.75, 3.05) is 5.32 Å². The Balaban J connectivity index is 1.57. The van der Waals surface area contributed by atoms with E-state index >= 15 is 0 Å². The highest BCUT2D eigenvalue weighted by Gasteiger charge is 2.40. The quantitative estimate of drug-likeness (QED) is 0.459. The first kappa shape index (κ1) is 17.3. The molecule has 29 heavy (non-hydrogen) atoms. The van der Waals surface area contributed by atoms with E-state index in [1.54, 1.807) is 6.07 Å². The average molecular weight is 446 g/mol. The summed E-state index contributed by atoms with van der Waals surface area (Å²) in [6, 6.07) is 15.1. The molecule has 0 saturated heterocycles. The van der Waals surface area contributed by atoms with Gasteiger partial charge >= 0.3 is 5.97 Å². The van der Waals surface area contributed by atoms with Crippen LogP contribution in [0.25, 0.3) is 10.8 Å². The highest BCUT2D eigenvalue weighted by atomic mass is 79.9. The molecule has 1 heterocycles. The monoisotopic (exact) mass is 445 g/mol. The number of hydrogen-bond donors (Lipinski definition) is 2. The molecule has 2 aliphatic carbocycles. The molecule has 0 bridgehead atoms. The Morgan fingerprint density at radius 1 is 1.07 bits per heavy atom. The SMILES string of the molecule is O=C(O)c1cc(Br)cc2c1N[C@@H](c1ccc3c4c(cccc14)CC3)[C@H]1CC=C[C@@H]21. The van der Waals surface area contributed by atoms with Crippen LogP contribution in [0.3, 0.4) is 0 Å². The minimum Gasteiger partial charge on any atom is -0.478 e. The summed E-state index contributed by atoms with van der Waals surface area (Å²) in [6.45, 7) is 0. The van der Waals surface area contributed by atoms with Crippen molar-refractivity contribution in [3.05, 3.63) is 86.9 Å². The lowest BCUT2D eigenvalue weighted by Gasteiger charge is -2.38. The normalized spacial score (nSPS) is 23.7. The molecule has 1 aliphatic heterocycles. The molecule has 3 aromatic rings. The maximum Gasteiger partial charge on any atom is 0.337 e. The number of aromatic carboxylic acids is 1. The van der Waals surface area contributed by atoms with Gasteiger partial charge in [0.05, 0.1) is 17.3 Å². The van der Waals surface area contributed by atoms with E-state index in [-0.39, 0.29) is 12.0 Å². The van der Waals surface area contributed by atoms with Gasteiger partial charge in [-0.15, -0.1) is 0 Å². The molecule has 3 aliphatic rings. The molecular weight excluding hydrogens is 426 g/mol. The molecular formula is C25H20BrNO2. The van der Waals surface area contributed by atoms with Crippen LogP contribution >= 0.6 is 15.9 Å². The summed E-state index contributed by atoms with van der Waals surface area (Å²) in [7, 11) is 0. The fraction of sp³-hybridized carbons (Fsp3) is 0.240. The van der Waals surface area contributed by atoms with E-state index in [4.69, 9.17) is 0 Å². The van der Waals surface area contributed by atoms with Crippen molar-refractivity contribution in [3.63, 3.8) is 0 Å². The summed E-state index contributed by atoms with van der Waals surface area (Å²) in [5.74, 6) is -0.276. The van der Waals surface area contributed by atoms with Crippen molar-refractivity contribution in [2.24, 2.45) is 5.92 Å². The van der Waals surface area contributed by atoms with Gasteiger partial charge in [-0.25, -0.2) is 4.79 Å². The number of nitrogens with one attached hydrogen (secondary N) is 1. The molecule has 0 unspecified atom stereocenters. The topological polar surface area (TPSA) is 49.3 Å². The second-order valence-corrected chi connectivity index (χ2v) is 9.27. The summed E-state index contributed by atoms with van der Waals surface area (Å²) >= 11 is 3.51. The minimum absolute atomic E-state index is 0.0895. The fourth-order valence-electron chi connectivity index (χ4n) is 5.68. The molecule has 0 amide bonds. The van der Waals surface area contributed by atoms with Crippen LogP contribution in [0.5, 0.6) is 0 Å². The molecule has 0 saturated carbocycles. The van der Waals surface area contributed by atoms with E-state index in [0.29, 0.717) is 11.5 Å². The average Bonchev–Trinajstić information content (AvgIpc) is 3.36. The van der Waals surface area contributed by atoms with Gasteiger partial charge in [0, 0.05) is 10.4 Å². The number of fused-ring (bicyclic) bond motifs is 3. The van der Waals surface area contributed by atoms with Gasteiger partial charge in [-0.3, -0.25) is 0 Å². The van der Waals surface area contributed by atoms with Crippen molar-refractivity contribution in [1.29, 1.82) is 0 Å². The Labute approximate surface area is 177 Å². The second kappa shape index (κ2) is 6.20. The molecule has 0 radical (unpaired) electrons. The lowest BCUT2D eigenvalue weighted by Crippen LogP contribution is -2.30. The first-order chi connectivity index (χ1) is 14.1. The largest absolute Gasteiger partial charge is 0.478 e. The van der Waals surface area contributed by atoms with Crippen molar-refractivity contribution < 1.29 is 9.90 Å². The maximum absolute atomic E-state index is 12.0. The number of anilines is 1. The van der Waals surface area contributed by atoms with Gasteiger partial charge in [-0.2, -0.15) is 0 Å². The lowest BCUT2D eigenvalue weighted by molar-refractivity contribution is 0.0697. The fourth-order valence-corrected chi connectivity index (χ4v) is 6.16. The number of benzene rings is 3. The van der Waals surface area contributed by atoms with Gasteiger partial charge in [0.15, 0.2) is 0 Å². The number of aryl methyl sites for hydroxylation is 2. The predicted molar refractivity (Wildman–Crippen MR) is 119 cm³/mol. The second-order valence-electron chi connectivity index (χ2n) is 8.35. The number of carboxylic acid groups (broad SMARTS) is 1. The zero-order valence-electron chi connectivity index (χ0n) is 15.8. The van der Waals surface area contributed by atoms with Crippen molar-refractivity contribution in [1.82, 2.24) is 0 Å². The summed E-state index contributed by atoms with van der Waals surface area (Å²) in [6.07, 6.45) is 7.74. The van der Waals surface area contributed by atoms with Crippen molar-refractivity contribution in [3.8, 4) is 0 Å². The van der Waals surface area contributed by atoms with Crippen LogP contribution < -0.4 is 5.32 Å². The highest BCUT2D eigenvalue weighted by molar-refractivity contribution is 9.10. The Bertz CT molecular complexity index is 1220. The molecule has 4 heteroatoms. The Morgan fingerprint density at radius 2 is 1.90 bits per heavy atom. The molecule has 6 rings (SSSR count). The zero-order chi connectivity index (χ0) is 19.7. The van der Waals surface area contributed by atoms with Crippen molar-refractivity contribution in [2.45, 2.75) is 31.2 Å². The standard InChI is InChI=1S/C25H20BrNO2/c26-15-11-20-16-4-2-6-18(16)23(27-24(20)21(12-15)25(28)29)19-10-9-14-8-7-13-3-1-5-17(19)22(13)14/h1-5,9-12,16,18,23,27H,6-8H2,(H,28,29)/t16-,18+,23-/m1/s1. The lowest BCUT2D eigenvalue weighted by atomic mass is 9.75. The smallest absolute Gasteiger partial charge is 0.337 e. The number of allylic oxidation sites excluding steroid dienone is 2. The van der Waals surface area contributed by atoms with E-state index in [0.717, 1.165) is 35.0 Å². The molecule has 3 nitrogen and oxygen atoms in total. The van der Waals surface area contributed by atoms with Crippen LogP contribution in [0.1, 0.15) is 51.0 Å². The zero-order valence-corrected chi connectivity index (χ0v) is 17.4. The number of rotatable bonds is 2. The molecule has 0 aromatic heterocycles. The van der Waals surface area contributed by atoms with Gasteiger partial charge in [0.1, 0.15) is 0 Å².